The zero-order valence-corrected chi connectivity index (χ0v) is 11.0. The average Bonchev–Trinajstić information content (AvgIpc) is 2.20. The van der Waals surface area contributed by atoms with Crippen molar-refractivity contribution in [3.63, 3.8) is 0 Å². The van der Waals surface area contributed by atoms with Crippen molar-refractivity contribution in [2.45, 2.75) is 52.1 Å². The Labute approximate surface area is 103 Å². The Bertz CT molecular complexity index is 407. The van der Waals surface area contributed by atoms with Gasteiger partial charge in [-0.2, -0.15) is 0 Å². The fraction of sp³-hybridized carbons (Fsp3) is 0.667. The summed E-state index contributed by atoms with van der Waals surface area (Å²) in [6.45, 7) is 10.1. The Morgan fingerprint density at radius 1 is 1.59 bits per heavy atom. The Hall–Kier alpha value is -0.890. The summed E-state index contributed by atoms with van der Waals surface area (Å²) in [5.41, 5.74) is 1.29. The van der Waals surface area contributed by atoms with E-state index < -0.39 is 5.60 Å². The normalized spacial score (nSPS) is 41.8. The van der Waals surface area contributed by atoms with Crippen molar-refractivity contribution in [2.75, 3.05) is 0 Å². The summed E-state index contributed by atoms with van der Waals surface area (Å²) < 4.78 is 0. The Morgan fingerprint density at radius 2 is 2.24 bits per heavy atom. The fourth-order valence-corrected chi connectivity index (χ4v) is 3.31. The quantitative estimate of drug-likeness (QED) is 0.708. The third kappa shape index (κ3) is 1.89. The average molecular weight is 234 g/mol. The molecule has 2 heteroatoms. The molecule has 0 bridgehead atoms. The molecule has 0 aromatic heterocycles. The molecule has 94 valence electrons. The van der Waals surface area contributed by atoms with E-state index in [9.17, 15) is 9.90 Å². The molecule has 17 heavy (non-hydrogen) atoms. The maximum Gasteiger partial charge on any atom is 0.155 e. The number of hydrogen-bond donors (Lipinski definition) is 1. The summed E-state index contributed by atoms with van der Waals surface area (Å²) in [5.74, 6) is 0.548. The Morgan fingerprint density at radius 3 is 2.82 bits per heavy atom. The molecule has 0 radical (unpaired) electrons. The van der Waals surface area contributed by atoms with Crippen molar-refractivity contribution in [1.82, 2.24) is 0 Å². The van der Waals surface area contributed by atoms with Crippen molar-refractivity contribution < 1.29 is 9.90 Å². The van der Waals surface area contributed by atoms with E-state index in [1.807, 2.05) is 13.0 Å². The monoisotopic (exact) mass is 234 g/mol. The van der Waals surface area contributed by atoms with Crippen molar-refractivity contribution in [1.29, 1.82) is 0 Å². The van der Waals surface area contributed by atoms with Crippen LogP contribution in [0, 0.1) is 11.3 Å². The molecule has 0 heterocycles. The predicted octanol–water partition coefficient (Wildman–Crippen LogP) is 3.02. The largest absolute Gasteiger partial charge is 0.385 e. The number of aliphatic hydroxyl groups is 1. The SMILES string of the molecule is C=C(C)[C@]1(O)CCC2=CC(=O)C[C@@H](C)[C@]2(C)C1. The summed E-state index contributed by atoms with van der Waals surface area (Å²) in [6.07, 6.45) is 4.64. The lowest BCUT2D eigenvalue weighted by Gasteiger charge is -2.50. The van der Waals surface area contributed by atoms with E-state index in [2.05, 4.69) is 20.4 Å². The zero-order valence-electron chi connectivity index (χ0n) is 11.0. The van der Waals surface area contributed by atoms with Crippen LogP contribution in [0.5, 0.6) is 0 Å². The molecule has 2 aliphatic carbocycles. The highest BCUT2D eigenvalue weighted by molar-refractivity contribution is 5.92. The van der Waals surface area contributed by atoms with E-state index in [4.69, 9.17) is 0 Å². The number of allylic oxidation sites excluding steroid dienone is 2. The van der Waals surface area contributed by atoms with Crippen molar-refractivity contribution in [3.05, 3.63) is 23.8 Å². The van der Waals surface area contributed by atoms with Gasteiger partial charge in [0.2, 0.25) is 0 Å². The van der Waals surface area contributed by atoms with Gasteiger partial charge in [-0.15, -0.1) is 0 Å². The molecule has 1 N–H and O–H groups in total. The minimum Gasteiger partial charge on any atom is -0.385 e. The van der Waals surface area contributed by atoms with Crippen LogP contribution in [-0.4, -0.2) is 16.5 Å². The second kappa shape index (κ2) is 3.81. The lowest BCUT2D eigenvalue weighted by Crippen LogP contribution is -2.47. The maximum absolute atomic E-state index is 11.6. The molecule has 2 rings (SSSR count). The highest BCUT2D eigenvalue weighted by atomic mass is 16.3. The first-order valence-electron chi connectivity index (χ1n) is 6.40. The Kier molecular flexibility index (Phi) is 2.81. The van der Waals surface area contributed by atoms with Gasteiger partial charge in [-0.05, 0) is 49.2 Å². The van der Waals surface area contributed by atoms with Gasteiger partial charge < -0.3 is 5.11 Å². The second-order valence-corrected chi connectivity index (χ2v) is 6.15. The van der Waals surface area contributed by atoms with Crippen LogP contribution in [0.1, 0.15) is 46.5 Å². The van der Waals surface area contributed by atoms with Gasteiger partial charge in [-0.25, -0.2) is 0 Å². The smallest absolute Gasteiger partial charge is 0.155 e. The van der Waals surface area contributed by atoms with Gasteiger partial charge in [0.1, 0.15) is 0 Å². The van der Waals surface area contributed by atoms with Gasteiger partial charge in [0.05, 0.1) is 5.60 Å². The van der Waals surface area contributed by atoms with Gasteiger partial charge in [-0.3, -0.25) is 4.79 Å². The lowest BCUT2D eigenvalue weighted by atomic mass is 9.56. The number of carbonyl (C=O) groups is 1. The molecule has 0 aromatic rings. The lowest BCUT2D eigenvalue weighted by molar-refractivity contribution is -0.118. The van der Waals surface area contributed by atoms with E-state index in [1.54, 1.807) is 0 Å². The molecule has 1 saturated carbocycles. The molecule has 3 atom stereocenters. The first-order valence-corrected chi connectivity index (χ1v) is 6.40. The predicted molar refractivity (Wildman–Crippen MR) is 68.6 cm³/mol. The molecule has 0 aromatic carbocycles. The van der Waals surface area contributed by atoms with Gasteiger partial charge >= 0.3 is 0 Å². The molecule has 2 aliphatic rings. The molecule has 0 aliphatic heterocycles. The van der Waals surface area contributed by atoms with Gasteiger partial charge in [0, 0.05) is 6.42 Å². The van der Waals surface area contributed by atoms with Crippen LogP contribution in [0.3, 0.4) is 0 Å². The highest BCUT2D eigenvalue weighted by Crippen LogP contribution is 2.54. The number of carbonyl (C=O) groups excluding carboxylic acids is 1. The van der Waals surface area contributed by atoms with E-state index in [-0.39, 0.29) is 11.2 Å². The molecule has 1 fully saturated rings. The third-order valence-corrected chi connectivity index (χ3v) is 4.93. The summed E-state index contributed by atoms with van der Waals surface area (Å²) in [6, 6.07) is 0. The van der Waals surface area contributed by atoms with Crippen LogP contribution < -0.4 is 0 Å². The standard InChI is InChI=1S/C15H22O2/c1-10(2)15(17)6-5-12-8-13(16)7-11(3)14(12,4)9-15/h8,11,17H,1,5-7,9H2,2-4H3/t11-,14+,15+/m1/s1. The molecule has 0 spiro atoms. The fourth-order valence-electron chi connectivity index (χ4n) is 3.31. The number of ketones is 1. The van der Waals surface area contributed by atoms with Crippen molar-refractivity contribution in [2.24, 2.45) is 11.3 Å². The van der Waals surface area contributed by atoms with Gasteiger partial charge in [0.25, 0.3) is 0 Å². The number of rotatable bonds is 1. The van der Waals surface area contributed by atoms with E-state index in [1.165, 1.54) is 5.57 Å². The van der Waals surface area contributed by atoms with Crippen LogP contribution >= 0.6 is 0 Å². The number of hydrogen-bond acceptors (Lipinski definition) is 2. The van der Waals surface area contributed by atoms with Gasteiger partial charge in [0.15, 0.2) is 5.78 Å². The van der Waals surface area contributed by atoms with E-state index >= 15 is 0 Å². The van der Waals surface area contributed by atoms with E-state index in [0.29, 0.717) is 25.2 Å². The first kappa shape index (κ1) is 12.6. The third-order valence-electron chi connectivity index (χ3n) is 4.93. The van der Waals surface area contributed by atoms with Crippen molar-refractivity contribution in [3.8, 4) is 0 Å². The Balaban J connectivity index is 2.38. The molecule has 0 unspecified atom stereocenters. The summed E-state index contributed by atoms with van der Waals surface area (Å²) in [4.78, 5) is 11.6. The van der Waals surface area contributed by atoms with Crippen molar-refractivity contribution >= 4 is 5.78 Å². The summed E-state index contributed by atoms with van der Waals surface area (Å²) in [7, 11) is 0. The minimum atomic E-state index is -0.749. The van der Waals surface area contributed by atoms with Gasteiger partial charge in [-0.1, -0.05) is 26.0 Å². The molecule has 2 nitrogen and oxygen atoms in total. The van der Waals surface area contributed by atoms with Crippen LogP contribution in [0.4, 0.5) is 0 Å². The summed E-state index contributed by atoms with van der Waals surface area (Å²) >= 11 is 0. The molecule has 0 amide bonds. The zero-order chi connectivity index (χ0) is 12.8. The molecular weight excluding hydrogens is 212 g/mol. The van der Waals surface area contributed by atoms with Crippen LogP contribution in [0.15, 0.2) is 23.8 Å². The van der Waals surface area contributed by atoms with Crippen LogP contribution in [0.25, 0.3) is 0 Å². The summed E-state index contributed by atoms with van der Waals surface area (Å²) in [5, 5.41) is 10.6. The second-order valence-electron chi connectivity index (χ2n) is 6.15. The first-order chi connectivity index (χ1) is 7.78. The minimum absolute atomic E-state index is 0.0418. The van der Waals surface area contributed by atoms with Crippen LogP contribution in [-0.2, 0) is 4.79 Å². The number of fused-ring (bicyclic) bond motifs is 1. The highest BCUT2D eigenvalue weighted by Gasteiger charge is 2.48. The maximum atomic E-state index is 11.6. The van der Waals surface area contributed by atoms with E-state index in [0.717, 1.165) is 12.0 Å². The molecular formula is C15H22O2. The molecule has 0 saturated heterocycles. The van der Waals surface area contributed by atoms with Crippen LogP contribution in [0.2, 0.25) is 0 Å². The topological polar surface area (TPSA) is 37.3 Å².